The lowest BCUT2D eigenvalue weighted by Crippen LogP contribution is -2.19. The Morgan fingerprint density at radius 3 is 2.55 bits per heavy atom. The van der Waals surface area contributed by atoms with Crippen LogP contribution in [0.15, 0.2) is 54.7 Å². The van der Waals surface area contributed by atoms with Crippen molar-refractivity contribution in [2.75, 3.05) is 30.9 Å². The molecule has 3 rings (SSSR count). The van der Waals surface area contributed by atoms with Gasteiger partial charge in [-0.3, -0.25) is 4.79 Å². The zero-order chi connectivity index (χ0) is 23.8. The minimum absolute atomic E-state index is 0.129. The molecule has 0 unspecified atom stereocenters. The van der Waals surface area contributed by atoms with Crippen LogP contribution in [0.2, 0.25) is 5.02 Å². The van der Waals surface area contributed by atoms with E-state index >= 15 is 0 Å². The SMILES string of the molecule is CCOC(=O)c1cnc(Nc2ccc(C(=O)NC)c(Cl)c2)nc1N[C@H](CO)c1ccccc1. The van der Waals surface area contributed by atoms with Crippen LogP contribution in [0.1, 0.15) is 39.2 Å². The highest BCUT2D eigenvalue weighted by molar-refractivity contribution is 6.34. The summed E-state index contributed by atoms with van der Waals surface area (Å²) in [6, 6.07) is 13.6. The van der Waals surface area contributed by atoms with Crippen molar-refractivity contribution in [3.05, 3.63) is 76.4 Å². The summed E-state index contributed by atoms with van der Waals surface area (Å²) in [5, 5.41) is 18.8. The number of carbonyl (C=O) groups excluding carboxylic acids is 2. The summed E-state index contributed by atoms with van der Waals surface area (Å²) in [4.78, 5) is 32.9. The molecule has 0 saturated heterocycles. The number of nitrogens with one attached hydrogen (secondary N) is 3. The highest BCUT2D eigenvalue weighted by atomic mass is 35.5. The number of amides is 1. The van der Waals surface area contributed by atoms with Gasteiger partial charge < -0.3 is 25.8 Å². The van der Waals surface area contributed by atoms with Gasteiger partial charge in [0.15, 0.2) is 0 Å². The quantitative estimate of drug-likeness (QED) is 0.350. The summed E-state index contributed by atoms with van der Waals surface area (Å²) in [6.45, 7) is 1.67. The number of aliphatic hydroxyl groups excluding tert-OH is 1. The number of hydrogen-bond donors (Lipinski definition) is 4. The molecule has 0 aliphatic rings. The molecule has 3 aromatic rings. The number of nitrogens with zero attached hydrogens (tertiary/aromatic N) is 2. The lowest BCUT2D eigenvalue weighted by molar-refractivity contribution is 0.0526. The van der Waals surface area contributed by atoms with Crippen molar-refractivity contribution in [2.24, 2.45) is 0 Å². The normalized spacial score (nSPS) is 11.4. The van der Waals surface area contributed by atoms with Crippen molar-refractivity contribution < 1.29 is 19.4 Å². The Bertz CT molecular complexity index is 1130. The largest absolute Gasteiger partial charge is 0.462 e. The van der Waals surface area contributed by atoms with Gasteiger partial charge in [0.05, 0.1) is 29.8 Å². The molecule has 0 radical (unpaired) electrons. The summed E-state index contributed by atoms with van der Waals surface area (Å²) >= 11 is 6.21. The van der Waals surface area contributed by atoms with Gasteiger partial charge in [0.25, 0.3) is 5.91 Å². The van der Waals surface area contributed by atoms with Gasteiger partial charge in [0.1, 0.15) is 11.4 Å². The predicted molar refractivity (Wildman–Crippen MR) is 126 cm³/mol. The molecular weight excluding hydrogens is 446 g/mol. The Balaban J connectivity index is 1.92. The molecule has 0 fully saturated rings. The topological polar surface area (TPSA) is 125 Å². The van der Waals surface area contributed by atoms with Crippen molar-refractivity contribution in [1.82, 2.24) is 15.3 Å². The van der Waals surface area contributed by atoms with Gasteiger partial charge in [-0.25, -0.2) is 9.78 Å². The maximum absolute atomic E-state index is 12.4. The van der Waals surface area contributed by atoms with Crippen molar-refractivity contribution >= 4 is 40.9 Å². The standard InChI is InChI=1S/C23H24ClN5O4/c1-3-33-22(32)17-12-26-23(27-15-9-10-16(18(24)11-15)21(31)25-2)29-20(17)28-19(13-30)14-7-5-4-6-8-14/h4-12,19,30H,3,13H2,1-2H3,(H,25,31)(H2,26,27,28,29)/t19-/m1/s1. The Kier molecular flexibility index (Phi) is 8.17. The van der Waals surface area contributed by atoms with E-state index in [1.807, 2.05) is 30.3 Å². The van der Waals surface area contributed by atoms with Crippen LogP contribution in [-0.4, -0.2) is 47.2 Å². The molecule has 172 valence electrons. The smallest absolute Gasteiger partial charge is 0.343 e. The molecule has 0 aliphatic heterocycles. The molecule has 4 N–H and O–H groups in total. The van der Waals surface area contributed by atoms with E-state index in [0.29, 0.717) is 11.3 Å². The van der Waals surface area contributed by atoms with Crippen molar-refractivity contribution in [2.45, 2.75) is 13.0 Å². The van der Waals surface area contributed by atoms with Crippen LogP contribution in [0.4, 0.5) is 17.5 Å². The Hall–Kier alpha value is -3.69. The van der Waals surface area contributed by atoms with Crippen LogP contribution in [0.25, 0.3) is 0 Å². The Labute approximate surface area is 196 Å². The second-order valence-electron chi connectivity index (χ2n) is 6.87. The number of aliphatic hydroxyl groups is 1. The lowest BCUT2D eigenvalue weighted by atomic mass is 10.1. The van der Waals surface area contributed by atoms with E-state index in [1.54, 1.807) is 25.1 Å². The maximum atomic E-state index is 12.4. The van der Waals surface area contributed by atoms with Crippen LogP contribution in [0.5, 0.6) is 0 Å². The number of carbonyl (C=O) groups is 2. The zero-order valence-electron chi connectivity index (χ0n) is 18.1. The number of esters is 1. The zero-order valence-corrected chi connectivity index (χ0v) is 18.9. The van der Waals surface area contributed by atoms with E-state index in [0.717, 1.165) is 5.56 Å². The molecule has 0 bridgehead atoms. The van der Waals surface area contributed by atoms with Crippen LogP contribution in [0.3, 0.4) is 0 Å². The first-order valence-electron chi connectivity index (χ1n) is 10.2. The summed E-state index contributed by atoms with van der Waals surface area (Å²) in [5.74, 6) is -0.515. The highest BCUT2D eigenvalue weighted by Crippen LogP contribution is 2.26. The van der Waals surface area contributed by atoms with Gasteiger partial charge in [0, 0.05) is 18.9 Å². The highest BCUT2D eigenvalue weighted by Gasteiger charge is 2.20. The van der Waals surface area contributed by atoms with Crippen molar-refractivity contribution in [3.63, 3.8) is 0 Å². The summed E-state index contributed by atoms with van der Waals surface area (Å²) in [5.41, 5.74) is 1.83. The van der Waals surface area contributed by atoms with E-state index in [2.05, 4.69) is 25.9 Å². The summed E-state index contributed by atoms with van der Waals surface area (Å²) < 4.78 is 5.11. The number of benzene rings is 2. The van der Waals surface area contributed by atoms with Crippen LogP contribution in [-0.2, 0) is 4.74 Å². The number of ether oxygens (including phenoxy) is 1. The molecule has 1 heterocycles. The first-order chi connectivity index (χ1) is 16.0. The summed E-state index contributed by atoms with van der Waals surface area (Å²) in [6.07, 6.45) is 1.34. The predicted octanol–water partition coefficient (Wildman–Crippen LogP) is 3.56. The van der Waals surface area contributed by atoms with Crippen LogP contribution >= 0.6 is 11.6 Å². The average molecular weight is 470 g/mol. The van der Waals surface area contributed by atoms with E-state index in [4.69, 9.17) is 16.3 Å². The molecule has 1 amide bonds. The first kappa shape index (κ1) is 24.0. The molecule has 1 aromatic heterocycles. The number of rotatable bonds is 9. The number of halogens is 1. The molecule has 9 nitrogen and oxygen atoms in total. The van der Waals surface area contributed by atoms with E-state index in [9.17, 15) is 14.7 Å². The fourth-order valence-corrected chi connectivity index (χ4v) is 3.30. The fourth-order valence-electron chi connectivity index (χ4n) is 3.04. The van der Waals surface area contributed by atoms with Gasteiger partial charge in [-0.05, 0) is 30.7 Å². The molecule has 0 spiro atoms. The minimum Gasteiger partial charge on any atom is -0.462 e. The molecular formula is C23H24ClN5O4. The molecule has 33 heavy (non-hydrogen) atoms. The van der Waals surface area contributed by atoms with Gasteiger partial charge in [-0.2, -0.15) is 4.98 Å². The second-order valence-corrected chi connectivity index (χ2v) is 7.27. The first-order valence-corrected chi connectivity index (χ1v) is 10.6. The minimum atomic E-state index is -0.589. The van der Waals surface area contributed by atoms with Gasteiger partial charge >= 0.3 is 5.97 Å². The third kappa shape index (κ3) is 5.97. The van der Waals surface area contributed by atoms with Gasteiger partial charge in [-0.1, -0.05) is 41.9 Å². The monoisotopic (exact) mass is 469 g/mol. The molecule has 0 aliphatic carbocycles. The molecule has 1 atom stereocenters. The molecule has 0 saturated carbocycles. The Morgan fingerprint density at radius 2 is 1.91 bits per heavy atom. The van der Waals surface area contributed by atoms with Gasteiger partial charge in [-0.15, -0.1) is 0 Å². The fraction of sp³-hybridized carbons (Fsp3) is 0.217. The Morgan fingerprint density at radius 1 is 1.15 bits per heavy atom. The lowest BCUT2D eigenvalue weighted by Gasteiger charge is -2.19. The number of hydrogen-bond acceptors (Lipinski definition) is 8. The van der Waals surface area contributed by atoms with Crippen molar-refractivity contribution in [1.29, 1.82) is 0 Å². The van der Waals surface area contributed by atoms with E-state index in [-0.39, 0.29) is 41.5 Å². The summed E-state index contributed by atoms with van der Waals surface area (Å²) in [7, 11) is 1.52. The third-order valence-electron chi connectivity index (χ3n) is 4.68. The third-order valence-corrected chi connectivity index (χ3v) is 4.99. The maximum Gasteiger partial charge on any atom is 0.343 e. The average Bonchev–Trinajstić information content (AvgIpc) is 2.83. The van der Waals surface area contributed by atoms with Crippen LogP contribution in [0, 0.1) is 0 Å². The molecule has 2 aromatic carbocycles. The number of anilines is 3. The van der Waals surface area contributed by atoms with Crippen LogP contribution < -0.4 is 16.0 Å². The van der Waals surface area contributed by atoms with E-state index < -0.39 is 12.0 Å². The second kappa shape index (κ2) is 11.3. The van der Waals surface area contributed by atoms with Gasteiger partial charge in [0.2, 0.25) is 5.95 Å². The number of aromatic nitrogens is 2. The van der Waals surface area contributed by atoms with Crippen molar-refractivity contribution in [3.8, 4) is 0 Å². The van der Waals surface area contributed by atoms with E-state index in [1.165, 1.54) is 13.2 Å². The molecule has 10 heteroatoms.